The largest absolute Gasteiger partial charge is 0.406 e. The van der Waals surface area contributed by atoms with Crippen LogP contribution in [0.3, 0.4) is 0 Å². The maximum absolute atomic E-state index is 12.9. The molecule has 2 aromatic heterocycles. The fraction of sp³-hybridized carbons (Fsp3) is 0.458. The van der Waals surface area contributed by atoms with Gasteiger partial charge in [-0.1, -0.05) is 42.1 Å². The lowest BCUT2D eigenvalue weighted by atomic mass is 10.2. The van der Waals surface area contributed by atoms with Crippen LogP contribution in [-0.4, -0.2) is 55.0 Å². The Morgan fingerprint density at radius 2 is 1.74 bits per heavy atom. The van der Waals surface area contributed by atoms with Crippen molar-refractivity contribution in [3.63, 3.8) is 0 Å². The number of thioether (sulfide) groups is 1. The van der Waals surface area contributed by atoms with E-state index in [1.807, 2.05) is 34.9 Å². The van der Waals surface area contributed by atoms with Crippen LogP contribution in [0.2, 0.25) is 0 Å². The third-order valence-corrected chi connectivity index (χ3v) is 7.05. The zero-order chi connectivity index (χ0) is 24.3. The first-order valence-electron chi connectivity index (χ1n) is 11.3. The molecule has 1 aromatic carbocycles. The highest BCUT2D eigenvalue weighted by Gasteiger charge is 2.30. The lowest BCUT2D eigenvalue weighted by molar-refractivity contribution is -0.141. The molecular weight excluding hydrogens is 463 g/mol. The molecule has 3 aromatic rings. The number of alkyl halides is 3. The molecule has 0 aliphatic carbocycles. The van der Waals surface area contributed by atoms with E-state index in [0.717, 1.165) is 29.0 Å². The molecule has 1 aliphatic heterocycles. The number of benzene rings is 1. The van der Waals surface area contributed by atoms with Crippen molar-refractivity contribution in [3.8, 4) is 0 Å². The smallest absolute Gasteiger partial charge is 0.339 e. The van der Waals surface area contributed by atoms with Crippen molar-refractivity contribution in [2.75, 3.05) is 18.8 Å². The highest BCUT2D eigenvalue weighted by molar-refractivity contribution is 7.99. The summed E-state index contributed by atoms with van der Waals surface area (Å²) >= 11 is 1.27. The number of aryl methyl sites for hydroxylation is 1. The molecule has 0 N–H and O–H groups in total. The van der Waals surface area contributed by atoms with Gasteiger partial charge in [-0.25, -0.2) is 0 Å². The maximum atomic E-state index is 12.9. The molecule has 0 bridgehead atoms. The summed E-state index contributed by atoms with van der Waals surface area (Å²) in [5.74, 6) is 0.707. The van der Waals surface area contributed by atoms with Gasteiger partial charge in [-0.05, 0) is 51.4 Å². The molecule has 6 nitrogen and oxygen atoms in total. The van der Waals surface area contributed by atoms with E-state index in [1.165, 1.54) is 30.7 Å². The van der Waals surface area contributed by atoms with Crippen molar-refractivity contribution in [1.29, 1.82) is 0 Å². The van der Waals surface area contributed by atoms with Gasteiger partial charge in [0.25, 0.3) is 0 Å². The average molecular weight is 492 g/mol. The molecule has 0 saturated carbocycles. The Hall–Kier alpha value is -2.59. The average Bonchev–Trinajstić information content (AvgIpc) is 3.50. The molecule has 3 heterocycles. The molecule has 34 heavy (non-hydrogen) atoms. The van der Waals surface area contributed by atoms with Crippen molar-refractivity contribution in [2.45, 2.75) is 57.7 Å². The number of Topliss-reactive ketones (excluding diaryl/α,β-unsaturated/α-hetero) is 1. The number of carbonyl (C=O) groups excluding carboxylic acids is 1. The molecule has 0 spiro atoms. The van der Waals surface area contributed by atoms with E-state index < -0.39 is 12.7 Å². The van der Waals surface area contributed by atoms with Gasteiger partial charge in [0.1, 0.15) is 12.4 Å². The van der Waals surface area contributed by atoms with E-state index in [1.54, 1.807) is 13.8 Å². The molecule has 1 fully saturated rings. The normalized spacial score (nSPS) is 14.7. The third kappa shape index (κ3) is 5.90. The number of likely N-dealkylation sites (tertiary alicyclic amines) is 1. The van der Waals surface area contributed by atoms with Crippen molar-refractivity contribution in [2.24, 2.45) is 0 Å². The summed E-state index contributed by atoms with van der Waals surface area (Å²) < 4.78 is 41.9. The summed E-state index contributed by atoms with van der Waals surface area (Å²) in [7, 11) is 0. The molecule has 0 radical (unpaired) electrons. The van der Waals surface area contributed by atoms with Crippen LogP contribution in [0, 0.1) is 13.8 Å². The summed E-state index contributed by atoms with van der Waals surface area (Å²) in [5, 5.41) is 9.40. The fourth-order valence-corrected chi connectivity index (χ4v) is 5.16. The summed E-state index contributed by atoms with van der Waals surface area (Å²) in [6.07, 6.45) is -1.99. The van der Waals surface area contributed by atoms with Gasteiger partial charge >= 0.3 is 6.18 Å². The van der Waals surface area contributed by atoms with Crippen molar-refractivity contribution < 1.29 is 18.0 Å². The first-order valence-corrected chi connectivity index (χ1v) is 12.3. The Balaban J connectivity index is 1.51. The minimum atomic E-state index is -4.34. The molecule has 1 saturated heterocycles. The maximum Gasteiger partial charge on any atom is 0.406 e. The van der Waals surface area contributed by atoms with E-state index in [9.17, 15) is 18.0 Å². The second kappa shape index (κ2) is 10.4. The summed E-state index contributed by atoms with van der Waals surface area (Å²) in [6.45, 7) is 5.41. The van der Waals surface area contributed by atoms with E-state index in [0.29, 0.717) is 35.2 Å². The Morgan fingerprint density at radius 1 is 1.03 bits per heavy atom. The first-order chi connectivity index (χ1) is 16.2. The molecule has 4 rings (SSSR count). The monoisotopic (exact) mass is 491 g/mol. The minimum Gasteiger partial charge on any atom is -0.339 e. The number of halogens is 3. The third-order valence-electron chi connectivity index (χ3n) is 6.08. The van der Waals surface area contributed by atoms with Gasteiger partial charge in [-0.2, -0.15) is 13.2 Å². The van der Waals surface area contributed by atoms with E-state index >= 15 is 0 Å². The lowest BCUT2D eigenvalue weighted by Gasteiger charge is -2.16. The predicted octanol–water partition coefficient (Wildman–Crippen LogP) is 4.88. The number of ketones is 1. The zero-order valence-corrected chi connectivity index (χ0v) is 20.1. The second-order valence-electron chi connectivity index (χ2n) is 8.65. The zero-order valence-electron chi connectivity index (χ0n) is 19.3. The molecule has 0 atom stereocenters. The first kappa shape index (κ1) is 24.5. The van der Waals surface area contributed by atoms with Crippen LogP contribution in [0.25, 0.3) is 0 Å². The van der Waals surface area contributed by atoms with Gasteiger partial charge < -0.3 is 9.13 Å². The van der Waals surface area contributed by atoms with Crippen LogP contribution in [0.5, 0.6) is 0 Å². The Kier molecular flexibility index (Phi) is 7.47. The van der Waals surface area contributed by atoms with Crippen molar-refractivity contribution in [1.82, 2.24) is 24.2 Å². The molecular formula is C24H28F3N5OS. The SMILES string of the molecule is Cc1cc(C(=O)CSc2nnc(CN3CCCC3)n2Cc2ccccc2)c(C)n1CC(F)(F)F. The highest BCUT2D eigenvalue weighted by Crippen LogP contribution is 2.26. The lowest BCUT2D eigenvalue weighted by Crippen LogP contribution is -2.21. The summed E-state index contributed by atoms with van der Waals surface area (Å²) in [4.78, 5) is 15.3. The summed E-state index contributed by atoms with van der Waals surface area (Å²) in [5.41, 5.74) is 2.18. The van der Waals surface area contributed by atoms with Gasteiger partial charge in [0.05, 0.1) is 18.8 Å². The topological polar surface area (TPSA) is 56.0 Å². The number of nitrogens with zero attached hydrogens (tertiary/aromatic N) is 5. The van der Waals surface area contributed by atoms with Crippen LogP contribution in [0.15, 0.2) is 41.6 Å². The van der Waals surface area contributed by atoms with Crippen molar-refractivity contribution in [3.05, 3.63) is 64.7 Å². The van der Waals surface area contributed by atoms with Crippen LogP contribution in [0.1, 0.15) is 46.0 Å². The van der Waals surface area contributed by atoms with Crippen LogP contribution in [-0.2, 0) is 19.6 Å². The van der Waals surface area contributed by atoms with Crippen LogP contribution >= 0.6 is 11.8 Å². The Labute approximate surface area is 201 Å². The number of aromatic nitrogens is 4. The number of rotatable bonds is 9. The Bertz CT molecular complexity index is 1130. The molecule has 0 amide bonds. The minimum absolute atomic E-state index is 0.0763. The Morgan fingerprint density at radius 3 is 2.41 bits per heavy atom. The molecule has 0 unspecified atom stereocenters. The molecule has 1 aliphatic rings. The van der Waals surface area contributed by atoms with E-state index in [2.05, 4.69) is 15.1 Å². The van der Waals surface area contributed by atoms with Gasteiger partial charge in [-0.3, -0.25) is 9.69 Å². The predicted molar refractivity (Wildman–Crippen MR) is 125 cm³/mol. The molecule has 182 valence electrons. The van der Waals surface area contributed by atoms with Gasteiger partial charge in [0, 0.05) is 17.0 Å². The standard InChI is InChI=1S/C24H28F3N5OS/c1-17-12-20(18(2)32(17)16-24(25,26)27)21(33)15-34-23-29-28-22(14-30-10-6-7-11-30)31(23)13-19-8-4-3-5-9-19/h3-5,8-9,12H,6-7,10-11,13-16H2,1-2H3. The van der Waals surface area contributed by atoms with E-state index in [4.69, 9.17) is 0 Å². The summed E-state index contributed by atoms with van der Waals surface area (Å²) in [6, 6.07) is 11.5. The van der Waals surface area contributed by atoms with Gasteiger partial charge in [0.2, 0.25) is 0 Å². The number of carbonyl (C=O) groups is 1. The molecule has 10 heteroatoms. The number of hydrogen-bond acceptors (Lipinski definition) is 5. The second-order valence-corrected chi connectivity index (χ2v) is 9.59. The van der Waals surface area contributed by atoms with Crippen LogP contribution < -0.4 is 0 Å². The van der Waals surface area contributed by atoms with Gasteiger partial charge in [0.15, 0.2) is 10.9 Å². The quantitative estimate of drug-likeness (QED) is 0.316. The van der Waals surface area contributed by atoms with Crippen molar-refractivity contribution >= 4 is 17.5 Å². The van der Waals surface area contributed by atoms with E-state index in [-0.39, 0.29) is 11.5 Å². The van der Waals surface area contributed by atoms with Gasteiger partial charge in [-0.15, -0.1) is 10.2 Å². The van der Waals surface area contributed by atoms with Crippen LogP contribution in [0.4, 0.5) is 13.2 Å². The highest BCUT2D eigenvalue weighted by atomic mass is 32.2. The fourth-order valence-electron chi connectivity index (χ4n) is 4.32. The number of hydrogen-bond donors (Lipinski definition) is 0.